The van der Waals surface area contributed by atoms with E-state index < -0.39 is 15.6 Å². The number of morpholine rings is 1. The van der Waals surface area contributed by atoms with Gasteiger partial charge < -0.3 is 14.8 Å². The highest BCUT2D eigenvalue weighted by Gasteiger charge is 2.47. The lowest BCUT2D eigenvalue weighted by Gasteiger charge is -2.50. The van der Waals surface area contributed by atoms with E-state index in [1.54, 1.807) is 23.5 Å². The molecule has 2 aromatic carbocycles. The number of nitrogens with one attached hydrogen (secondary N) is 1. The summed E-state index contributed by atoms with van der Waals surface area (Å²) in [7, 11) is -2.09. The number of likely N-dealkylation sites (tertiary alicyclic amines) is 1. The van der Waals surface area contributed by atoms with Gasteiger partial charge in [-0.25, -0.2) is 13.4 Å². The van der Waals surface area contributed by atoms with Gasteiger partial charge in [-0.15, -0.1) is 11.3 Å². The molecular weight excluding hydrogens is 572 g/mol. The summed E-state index contributed by atoms with van der Waals surface area (Å²) in [5.41, 5.74) is 2.09. The van der Waals surface area contributed by atoms with Crippen LogP contribution in [0.25, 0.3) is 11.3 Å². The molecule has 0 aliphatic carbocycles. The molecule has 42 heavy (non-hydrogen) atoms. The smallest absolute Gasteiger partial charge is 0.243 e. The van der Waals surface area contributed by atoms with Crippen LogP contribution in [0.3, 0.4) is 0 Å². The highest BCUT2D eigenvalue weighted by Crippen LogP contribution is 2.35. The molecule has 1 spiro atoms. The molecule has 0 bridgehead atoms. The van der Waals surface area contributed by atoms with Gasteiger partial charge in [0.1, 0.15) is 5.75 Å². The minimum absolute atomic E-state index is 0.152. The zero-order chi connectivity index (χ0) is 29.9. The zero-order valence-corrected chi connectivity index (χ0v) is 26.3. The largest absolute Gasteiger partial charge is 0.497 e. The number of piperidine rings is 1. The Morgan fingerprint density at radius 1 is 1.17 bits per heavy atom. The number of carbonyl (C=O) groups excluding carboxylic acids is 1. The molecule has 2 aliphatic rings. The Hall–Kier alpha value is -2.83. The van der Waals surface area contributed by atoms with E-state index in [2.05, 4.69) is 29.0 Å². The molecule has 2 saturated heterocycles. The Kier molecular flexibility index (Phi) is 9.34. The number of anilines is 1. The van der Waals surface area contributed by atoms with E-state index in [0.717, 1.165) is 48.4 Å². The first-order chi connectivity index (χ1) is 20.1. The summed E-state index contributed by atoms with van der Waals surface area (Å²) in [6, 6.07) is 14.5. The minimum atomic E-state index is -3.71. The summed E-state index contributed by atoms with van der Waals surface area (Å²) in [5.74, 6) is 0.946. The first-order valence-corrected chi connectivity index (χ1v) is 16.7. The number of aryl methyl sites for hydroxylation is 1. The molecule has 226 valence electrons. The number of hydrogen-bond donors (Lipinski definition) is 1. The third-order valence-corrected chi connectivity index (χ3v) is 10.6. The van der Waals surface area contributed by atoms with Gasteiger partial charge in [0.2, 0.25) is 15.9 Å². The van der Waals surface area contributed by atoms with Crippen LogP contribution in [0.5, 0.6) is 5.75 Å². The van der Waals surface area contributed by atoms with Gasteiger partial charge >= 0.3 is 0 Å². The molecular formula is C31H40N4O5S2. The predicted octanol–water partition coefficient (Wildman–Crippen LogP) is 5.04. The average molecular weight is 613 g/mol. The maximum Gasteiger partial charge on any atom is 0.243 e. The number of rotatable bonds is 9. The Morgan fingerprint density at radius 2 is 1.90 bits per heavy atom. The number of amides is 1. The highest BCUT2D eigenvalue weighted by atomic mass is 32.2. The van der Waals surface area contributed by atoms with Crippen molar-refractivity contribution >= 4 is 32.4 Å². The van der Waals surface area contributed by atoms with Gasteiger partial charge in [0.15, 0.2) is 5.13 Å². The van der Waals surface area contributed by atoms with Gasteiger partial charge in [0, 0.05) is 30.1 Å². The molecule has 11 heteroatoms. The third-order valence-electron chi connectivity index (χ3n) is 7.93. The van der Waals surface area contributed by atoms with E-state index in [0.29, 0.717) is 29.1 Å². The molecule has 1 N–H and O–H groups in total. The summed E-state index contributed by atoms with van der Waals surface area (Å²) in [6.45, 7) is 8.19. The maximum atomic E-state index is 13.9. The second-order valence-electron chi connectivity index (χ2n) is 11.8. The Balaban J connectivity index is 1.25. The Labute approximate surface area is 252 Å². The first kappa shape index (κ1) is 30.6. The van der Waals surface area contributed by atoms with Crippen molar-refractivity contribution in [3.8, 4) is 17.0 Å². The minimum Gasteiger partial charge on any atom is -0.497 e. The molecule has 5 rings (SSSR count). The Morgan fingerprint density at radius 3 is 2.60 bits per heavy atom. The van der Waals surface area contributed by atoms with Crippen LogP contribution in [0.1, 0.15) is 38.7 Å². The predicted molar refractivity (Wildman–Crippen MR) is 165 cm³/mol. The lowest BCUT2D eigenvalue weighted by atomic mass is 9.89. The van der Waals surface area contributed by atoms with Gasteiger partial charge in [-0.1, -0.05) is 31.5 Å². The summed E-state index contributed by atoms with van der Waals surface area (Å²) >= 11 is 1.38. The van der Waals surface area contributed by atoms with Crippen LogP contribution >= 0.6 is 11.3 Å². The number of benzene rings is 2. The van der Waals surface area contributed by atoms with Crippen LogP contribution in [0.2, 0.25) is 0 Å². The van der Waals surface area contributed by atoms with Crippen molar-refractivity contribution in [3.63, 3.8) is 0 Å². The lowest BCUT2D eigenvalue weighted by molar-refractivity contribution is -0.146. The number of thiazole rings is 1. The molecule has 0 radical (unpaired) electrons. The van der Waals surface area contributed by atoms with Crippen molar-refractivity contribution in [2.75, 3.05) is 45.2 Å². The van der Waals surface area contributed by atoms with Crippen molar-refractivity contribution in [2.24, 2.45) is 5.92 Å². The topological polar surface area (TPSA) is 101 Å². The summed E-state index contributed by atoms with van der Waals surface area (Å²) in [4.78, 5) is 20.0. The van der Waals surface area contributed by atoms with Crippen LogP contribution in [-0.4, -0.2) is 80.1 Å². The molecule has 9 nitrogen and oxygen atoms in total. The van der Waals surface area contributed by atoms with E-state index in [1.807, 2.05) is 48.7 Å². The van der Waals surface area contributed by atoms with E-state index in [1.165, 1.54) is 11.3 Å². The van der Waals surface area contributed by atoms with Crippen LogP contribution in [0.4, 0.5) is 5.13 Å². The van der Waals surface area contributed by atoms with Crippen molar-refractivity contribution in [1.29, 1.82) is 0 Å². The fourth-order valence-corrected chi connectivity index (χ4v) is 8.26. The number of aromatic nitrogens is 1. The van der Waals surface area contributed by atoms with Crippen LogP contribution in [0, 0.1) is 12.8 Å². The quantitative estimate of drug-likeness (QED) is 0.362. The van der Waals surface area contributed by atoms with Gasteiger partial charge in [0.25, 0.3) is 0 Å². The normalized spacial score (nSPS) is 22.0. The highest BCUT2D eigenvalue weighted by molar-refractivity contribution is 7.89. The van der Waals surface area contributed by atoms with Gasteiger partial charge in [-0.05, 0) is 75.0 Å². The van der Waals surface area contributed by atoms with Crippen molar-refractivity contribution in [1.82, 2.24) is 14.2 Å². The third kappa shape index (κ3) is 7.03. The summed E-state index contributed by atoms with van der Waals surface area (Å²) < 4.78 is 41.2. The summed E-state index contributed by atoms with van der Waals surface area (Å²) in [5, 5.41) is 5.39. The van der Waals surface area contributed by atoms with Crippen molar-refractivity contribution in [2.45, 2.75) is 56.6 Å². The van der Waals surface area contributed by atoms with E-state index in [4.69, 9.17) is 9.47 Å². The molecule has 2 atom stereocenters. The maximum absolute atomic E-state index is 13.9. The molecule has 2 fully saturated rings. The monoisotopic (exact) mass is 612 g/mol. The van der Waals surface area contributed by atoms with Gasteiger partial charge in [-0.2, -0.15) is 4.31 Å². The molecule has 3 heterocycles. The zero-order valence-electron chi connectivity index (χ0n) is 24.7. The second-order valence-corrected chi connectivity index (χ2v) is 14.5. The van der Waals surface area contributed by atoms with E-state index in [9.17, 15) is 13.2 Å². The van der Waals surface area contributed by atoms with Crippen LogP contribution in [0.15, 0.2) is 58.8 Å². The van der Waals surface area contributed by atoms with Crippen LogP contribution < -0.4 is 10.1 Å². The fourth-order valence-electron chi connectivity index (χ4n) is 5.83. The van der Waals surface area contributed by atoms with E-state index >= 15 is 0 Å². The SMILES string of the molecule is COc1ccc(-c2csc(NC(=O)CN3CCC[C@@]4(C3)CN(S(=O)(=O)c3ccc(C)cc3)[C@@H](CC(C)C)CO4)n2)cc1. The number of ether oxygens (including phenoxy) is 2. The number of nitrogens with zero attached hydrogens (tertiary/aromatic N) is 3. The number of sulfonamides is 1. The molecule has 1 amide bonds. The average Bonchev–Trinajstić information content (AvgIpc) is 3.42. The fraction of sp³-hybridized carbons (Fsp3) is 0.484. The van der Waals surface area contributed by atoms with Gasteiger partial charge in [0.05, 0.1) is 36.5 Å². The number of carbonyl (C=O) groups is 1. The molecule has 1 aromatic heterocycles. The lowest BCUT2D eigenvalue weighted by Crippen LogP contribution is -2.64. The standard InChI is InChI=1S/C31H40N4O5S2/c1-22(2)16-25-18-40-31(21-35(25)42(37,38)27-12-6-23(3)7-13-27)14-5-15-34(20-31)17-29(36)33-30-32-28(19-41-30)24-8-10-26(39-4)11-9-24/h6-13,19,22,25H,5,14-18,20-21H2,1-4H3,(H,32,33,36)/t25-,31+/m0/s1. The van der Waals surface area contributed by atoms with Crippen LogP contribution in [-0.2, 0) is 19.6 Å². The Bertz CT molecular complexity index is 1470. The number of methoxy groups -OCH3 is 1. The van der Waals surface area contributed by atoms with E-state index in [-0.39, 0.29) is 25.0 Å². The molecule has 0 saturated carbocycles. The van der Waals surface area contributed by atoms with Crippen molar-refractivity contribution < 1.29 is 22.7 Å². The molecule has 3 aromatic rings. The molecule has 2 aliphatic heterocycles. The first-order valence-electron chi connectivity index (χ1n) is 14.4. The summed E-state index contributed by atoms with van der Waals surface area (Å²) in [6.07, 6.45) is 2.29. The second kappa shape index (κ2) is 12.8. The molecule has 0 unspecified atom stereocenters. The van der Waals surface area contributed by atoms with Crippen molar-refractivity contribution in [3.05, 3.63) is 59.5 Å². The van der Waals surface area contributed by atoms with Gasteiger partial charge in [-0.3, -0.25) is 9.69 Å². The number of hydrogen-bond acceptors (Lipinski definition) is 8.